The van der Waals surface area contributed by atoms with Crippen molar-refractivity contribution >= 4 is 17.4 Å². The topological polar surface area (TPSA) is 112 Å². The standard InChI is InChI=1S/C18H20N2O6/c1-5-25-18(22)17-11(3)16(12(4)19-17)14(21)9-26-15-8-6-7-13(10(15)2)20(23)24/h6-8,19H,5,9H2,1-4H3. The van der Waals surface area contributed by atoms with Gasteiger partial charge in [-0.1, -0.05) is 6.07 Å². The molecule has 0 aliphatic heterocycles. The Balaban J connectivity index is 2.21. The largest absolute Gasteiger partial charge is 0.485 e. The zero-order valence-corrected chi connectivity index (χ0v) is 15.0. The number of benzene rings is 1. The first-order chi connectivity index (χ1) is 12.3. The summed E-state index contributed by atoms with van der Waals surface area (Å²) < 4.78 is 10.4. The van der Waals surface area contributed by atoms with Gasteiger partial charge in [-0.15, -0.1) is 0 Å². The van der Waals surface area contributed by atoms with Gasteiger partial charge in [0.15, 0.2) is 6.61 Å². The van der Waals surface area contributed by atoms with Gasteiger partial charge in [-0.3, -0.25) is 14.9 Å². The Kier molecular flexibility index (Phi) is 5.76. The number of carbonyl (C=O) groups excluding carboxylic acids is 2. The molecule has 138 valence electrons. The Morgan fingerprint density at radius 3 is 2.50 bits per heavy atom. The van der Waals surface area contributed by atoms with E-state index in [0.717, 1.165) is 0 Å². The zero-order valence-electron chi connectivity index (χ0n) is 15.0. The van der Waals surface area contributed by atoms with Crippen LogP contribution in [-0.2, 0) is 4.74 Å². The summed E-state index contributed by atoms with van der Waals surface area (Å²) in [6.45, 7) is 6.52. The van der Waals surface area contributed by atoms with Crippen molar-refractivity contribution in [2.45, 2.75) is 27.7 Å². The monoisotopic (exact) mass is 360 g/mol. The summed E-state index contributed by atoms with van der Waals surface area (Å²) in [5, 5.41) is 11.0. The number of ether oxygens (including phenoxy) is 2. The molecule has 0 fully saturated rings. The molecule has 1 aromatic heterocycles. The summed E-state index contributed by atoms with van der Waals surface area (Å²) in [6.07, 6.45) is 0. The molecule has 0 bridgehead atoms. The second-order valence-corrected chi connectivity index (χ2v) is 5.71. The molecule has 1 heterocycles. The van der Waals surface area contributed by atoms with Crippen molar-refractivity contribution in [3.63, 3.8) is 0 Å². The van der Waals surface area contributed by atoms with E-state index < -0.39 is 10.9 Å². The number of nitro benzene ring substituents is 1. The number of aryl methyl sites for hydroxylation is 1. The maximum atomic E-state index is 12.6. The molecule has 1 aromatic carbocycles. The van der Waals surface area contributed by atoms with Crippen molar-refractivity contribution in [1.29, 1.82) is 0 Å². The van der Waals surface area contributed by atoms with Crippen molar-refractivity contribution in [2.24, 2.45) is 0 Å². The van der Waals surface area contributed by atoms with Gasteiger partial charge < -0.3 is 14.5 Å². The highest BCUT2D eigenvalue weighted by atomic mass is 16.6. The first-order valence-electron chi connectivity index (χ1n) is 8.04. The minimum Gasteiger partial charge on any atom is -0.485 e. The molecule has 0 amide bonds. The molecule has 8 heteroatoms. The highest BCUT2D eigenvalue weighted by Crippen LogP contribution is 2.27. The van der Waals surface area contributed by atoms with E-state index in [1.165, 1.54) is 12.1 Å². The lowest BCUT2D eigenvalue weighted by molar-refractivity contribution is -0.385. The number of nitro groups is 1. The molecular formula is C18H20N2O6. The van der Waals surface area contributed by atoms with Gasteiger partial charge in [0.25, 0.3) is 5.69 Å². The number of aromatic amines is 1. The van der Waals surface area contributed by atoms with E-state index in [0.29, 0.717) is 22.4 Å². The molecule has 0 spiro atoms. The number of Topliss-reactive ketones (excluding diaryl/α,β-unsaturated/α-hetero) is 1. The quantitative estimate of drug-likeness (QED) is 0.351. The molecule has 8 nitrogen and oxygen atoms in total. The smallest absolute Gasteiger partial charge is 0.355 e. The summed E-state index contributed by atoms with van der Waals surface area (Å²) in [5.41, 5.74) is 1.89. The molecule has 0 aliphatic carbocycles. The normalized spacial score (nSPS) is 10.5. The fourth-order valence-corrected chi connectivity index (χ4v) is 2.75. The van der Waals surface area contributed by atoms with Gasteiger partial charge in [0.05, 0.1) is 17.1 Å². The maximum Gasteiger partial charge on any atom is 0.355 e. The van der Waals surface area contributed by atoms with Crippen LogP contribution in [0.5, 0.6) is 5.75 Å². The summed E-state index contributed by atoms with van der Waals surface area (Å²) in [5.74, 6) is -0.593. The summed E-state index contributed by atoms with van der Waals surface area (Å²) in [6, 6.07) is 4.43. The molecule has 0 saturated carbocycles. The van der Waals surface area contributed by atoms with Crippen molar-refractivity contribution in [2.75, 3.05) is 13.2 Å². The Morgan fingerprint density at radius 2 is 1.88 bits per heavy atom. The number of hydrogen-bond acceptors (Lipinski definition) is 6. The van der Waals surface area contributed by atoms with Gasteiger partial charge >= 0.3 is 5.97 Å². The first-order valence-corrected chi connectivity index (χ1v) is 8.04. The van der Waals surface area contributed by atoms with E-state index in [9.17, 15) is 19.7 Å². The predicted octanol–water partition coefficient (Wildman–Crippen LogP) is 3.29. The van der Waals surface area contributed by atoms with Crippen molar-refractivity contribution in [3.05, 3.63) is 56.4 Å². The van der Waals surface area contributed by atoms with Crippen molar-refractivity contribution in [1.82, 2.24) is 4.98 Å². The molecule has 0 aliphatic rings. The lowest BCUT2D eigenvalue weighted by atomic mass is 10.1. The number of hydrogen-bond donors (Lipinski definition) is 1. The van der Waals surface area contributed by atoms with Gasteiger partial charge in [0.1, 0.15) is 11.4 Å². The minimum absolute atomic E-state index is 0.0754. The van der Waals surface area contributed by atoms with Gasteiger partial charge in [-0.2, -0.15) is 0 Å². The Hall–Kier alpha value is -3.16. The number of aromatic nitrogens is 1. The summed E-state index contributed by atoms with van der Waals surface area (Å²) in [7, 11) is 0. The fourth-order valence-electron chi connectivity index (χ4n) is 2.75. The molecule has 0 atom stereocenters. The Morgan fingerprint density at radius 1 is 1.19 bits per heavy atom. The summed E-state index contributed by atoms with van der Waals surface area (Å²) >= 11 is 0. The van der Waals surface area contributed by atoms with E-state index in [2.05, 4.69) is 4.98 Å². The summed E-state index contributed by atoms with van der Waals surface area (Å²) in [4.78, 5) is 37.8. The van der Waals surface area contributed by atoms with E-state index in [-0.39, 0.29) is 36.1 Å². The van der Waals surface area contributed by atoms with Gasteiger partial charge in [0, 0.05) is 17.3 Å². The lowest BCUT2D eigenvalue weighted by Gasteiger charge is -2.09. The third-order valence-corrected chi connectivity index (χ3v) is 4.01. The second kappa shape index (κ2) is 7.81. The van der Waals surface area contributed by atoms with E-state index in [1.54, 1.807) is 33.8 Å². The minimum atomic E-state index is -0.525. The number of H-pyrrole nitrogens is 1. The molecule has 2 rings (SSSR count). The van der Waals surface area contributed by atoms with Crippen LogP contribution in [0.4, 0.5) is 5.69 Å². The van der Waals surface area contributed by atoms with Crippen LogP contribution < -0.4 is 4.74 Å². The third-order valence-electron chi connectivity index (χ3n) is 4.01. The van der Waals surface area contributed by atoms with Gasteiger partial charge in [-0.25, -0.2) is 4.79 Å². The zero-order chi connectivity index (χ0) is 19.4. The van der Waals surface area contributed by atoms with Crippen LogP contribution in [0.1, 0.15) is 44.6 Å². The maximum absolute atomic E-state index is 12.6. The Bertz CT molecular complexity index is 869. The number of esters is 1. The van der Waals surface area contributed by atoms with Crippen LogP contribution in [-0.4, -0.2) is 34.9 Å². The molecular weight excluding hydrogens is 340 g/mol. The molecule has 2 aromatic rings. The third kappa shape index (κ3) is 3.74. The molecule has 26 heavy (non-hydrogen) atoms. The van der Waals surface area contributed by atoms with Gasteiger partial charge in [-0.05, 0) is 39.3 Å². The SMILES string of the molecule is CCOC(=O)c1[nH]c(C)c(C(=O)COc2cccc([N+](=O)[O-])c2C)c1C. The molecule has 0 saturated heterocycles. The van der Waals surface area contributed by atoms with E-state index in [4.69, 9.17) is 9.47 Å². The lowest BCUT2D eigenvalue weighted by Crippen LogP contribution is -2.14. The molecule has 0 radical (unpaired) electrons. The fraction of sp³-hybridized carbons (Fsp3) is 0.333. The molecule has 1 N–H and O–H groups in total. The number of nitrogens with one attached hydrogen (secondary N) is 1. The van der Waals surface area contributed by atoms with Crippen LogP contribution >= 0.6 is 0 Å². The predicted molar refractivity (Wildman–Crippen MR) is 93.9 cm³/mol. The highest BCUT2D eigenvalue weighted by molar-refractivity contribution is 6.03. The van der Waals surface area contributed by atoms with Crippen LogP contribution in [0.25, 0.3) is 0 Å². The number of rotatable bonds is 7. The number of nitrogens with zero attached hydrogens (tertiary/aromatic N) is 1. The van der Waals surface area contributed by atoms with Gasteiger partial charge in [0.2, 0.25) is 5.78 Å². The number of carbonyl (C=O) groups is 2. The number of ketones is 1. The first kappa shape index (κ1) is 19.2. The van der Waals surface area contributed by atoms with Crippen molar-refractivity contribution < 1.29 is 24.0 Å². The van der Waals surface area contributed by atoms with E-state index in [1.807, 2.05) is 0 Å². The Labute approximate surface area is 150 Å². The average Bonchev–Trinajstić information content (AvgIpc) is 2.88. The second-order valence-electron chi connectivity index (χ2n) is 5.71. The van der Waals surface area contributed by atoms with Crippen LogP contribution in [0.15, 0.2) is 18.2 Å². The van der Waals surface area contributed by atoms with Crippen LogP contribution in [0.2, 0.25) is 0 Å². The highest BCUT2D eigenvalue weighted by Gasteiger charge is 2.23. The van der Waals surface area contributed by atoms with Crippen LogP contribution in [0, 0.1) is 30.9 Å². The molecule has 0 unspecified atom stereocenters. The van der Waals surface area contributed by atoms with Crippen molar-refractivity contribution in [3.8, 4) is 5.75 Å². The average molecular weight is 360 g/mol. The van der Waals surface area contributed by atoms with Crippen LogP contribution in [0.3, 0.4) is 0 Å². The van der Waals surface area contributed by atoms with E-state index >= 15 is 0 Å².